The first kappa shape index (κ1) is 8.97. The number of hydrogen-bond donors (Lipinski definition) is 1. The van der Waals surface area contributed by atoms with Crippen molar-refractivity contribution < 1.29 is 14.6 Å². The predicted molar refractivity (Wildman–Crippen MR) is 39.4 cm³/mol. The Labute approximate surface area is 70.1 Å². The molecule has 1 saturated heterocycles. The summed E-state index contributed by atoms with van der Waals surface area (Å²) in [5.41, 5.74) is 0. The van der Waals surface area contributed by atoms with Gasteiger partial charge in [-0.1, -0.05) is 0 Å². The van der Waals surface area contributed by atoms with Crippen molar-refractivity contribution in [2.24, 2.45) is 0 Å². The monoisotopic (exact) mass is 170 g/mol. The number of nitrogens with zero attached hydrogens (tertiary/aromatic N) is 2. The van der Waals surface area contributed by atoms with Crippen LogP contribution in [0, 0.1) is 11.3 Å². The topological polar surface area (TPSA) is 73.6 Å². The Bertz CT molecular complexity index is 211. The second-order valence-electron chi connectivity index (χ2n) is 2.62. The van der Waals surface area contributed by atoms with Gasteiger partial charge in [0.25, 0.3) is 0 Å². The number of carboxylic acid groups (broad SMARTS) is 1. The number of rotatable bonds is 2. The third kappa shape index (κ3) is 2.49. The van der Waals surface area contributed by atoms with E-state index in [4.69, 9.17) is 15.1 Å². The van der Waals surface area contributed by atoms with Gasteiger partial charge in [-0.2, -0.15) is 5.26 Å². The van der Waals surface area contributed by atoms with Crippen LogP contribution in [0.25, 0.3) is 0 Å². The van der Waals surface area contributed by atoms with Crippen LogP contribution in [0.5, 0.6) is 0 Å². The number of ether oxygens (including phenoxy) is 1. The zero-order chi connectivity index (χ0) is 8.97. The lowest BCUT2D eigenvalue weighted by molar-refractivity contribution is -0.139. The molecule has 0 aromatic rings. The Kier molecular flexibility index (Phi) is 3.02. The van der Waals surface area contributed by atoms with Crippen LogP contribution in [0.3, 0.4) is 0 Å². The van der Waals surface area contributed by atoms with Crippen LogP contribution in [0.2, 0.25) is 0 Å². The highest BCUT2D eigenvalue weighted by molar-refractivity contribution is 5.69. The summed E-state index contributed by atoms with van der Waals surface area (Å²) in [5.74, 6) is -0.867. The van der Waals surface area contributed by atoms with Gasteiger partial charge in [0.05, 0.1) is 19.2 Å². The molecular weight excluding hydrogens is 160 g/mol. The highest BCUT2D eigenvalue weighted by atomic mass is 16.5. The van der Waals surface area contributed by atoms with Gasteiger partial charge in [0.1, 0.15) is 0 Å². The molecule has 1 rings (SSSR count). The van der Waals surface area contributed by atoms with Gasteiger partial charge >= 0.3 is 5.97 Å². The molecule has 12 heavy (non-hydrogen) atoms. The van der Waals surface area contributed by atoms with Crippen molar-refractivity contribution in [1.82, 2.24) is 4.90 Å². The van der Waals surface area contributed by atoms with Gasteiger partial charge in [-0.05, 0) is 0 Å². The quantitative estimate of drug-likeness (QED) is 0.593. The van der Waals surface area contributed by atoms with Crippen molar-refractivity contribution in [2.75, 3.05) is 26.2 Å². The molecule has 5 nitrogen and oxygen atoms in total. The van der Waals surface area contributed by atoms with E-state index in [1.807, 2.05) is 6.07 Å². The summed E-state index contributed by atoms with van der Waals surface area (Å²) in [4.78, 5) is 12.0. The normalized spacial score (nSPS) is 24.8. The molecule has 1 unspecified atom stereocenters. The second kappa shape index (κ2) is 4.04. The lowest BCUT2D eigenvalue weighted by atomic mass is 10.3. The van der Waals surface area contributed by atoms with E-state index in [0.717, 1.165) is 0 Å². The van der Waals surface area contributed by atoms with Crippen molar-refractivity contribution in [1.29, 1.82) is 5.26 Å². The molecule has 1 N–H and O–H groups in total. The van der Waals surface area contributed by atoms with Crippen LogP contribution in [0.4, 0.5) is 0 Å². The molecule has 0 aromatic carbocycles. The number of morpholine rings is 1. The van der Waals surface area contributed by atoms with Crippen molar-refractivity contribution in [3.05, 3.63) is 0 Å². The van der Waals surface area contributed by atoms with E-state index in [0.29, 0.717) is 19.7 Å². The van der Waals surface area contributed by atoms with Crippen LogP contribution < -0.4 is 0 Å². The van der Waals surface area contributed by atoms with Gasteiger partial charge in [0.15, 0.2) is 6.10 Å². The van der Waals surface area contributed by atoms with Crippen LogP contribution >= 0.6 is 0 Å². The maximum atomic E-state index is 10.3. The number of aliphatic carboxylic acids is 1. The third-order valence-electron chi connectivity index (χ3n) is 1.65. The van der Waals surface area contributed by atoms with E-state index >= 15 is 0 Å². The van der Waals surface area contributed by atoms with E-state index < -0.39 is 12.1 Å². The van der Waals surface area contributed by atoms with E-state index in [1.165, 1.54) is 0 Å². The molecule has 0 saturated carbocycles. The summed E-state index contributed by atoms with van der Waals surface area (Å²) < 4.78 is 5.04. The highest BCUT2D eigenvalue weighted by Gasteiger charge is 2.20. The van der Waals surface area contributed by atoms with Crippen LogP contribution in [0.1, 0.15) is 0 Å². The Balaban J connectivity index is 2.36. The van der Waals surface area contributed by atoms with Crippen molar-refractivity contribution in [3.63, 3.8) is 0 Å². The van der Waals surface area contributed by atoms with Gasteiger partial charge in [-0.15, -0.1) is 0 Å². The number of carboxylic acids is 1. The van der Waals surface area contributed by atoms with Gasteiger partial charge in [-0.25, -0.2) is 0 Å². The summed E-state index contributed by atoms with van der Waals surface area (Å²) in [6, 6.07) is 1.95. The van der Waals surface area contributed by atoms with Crippen LogP contribution in [0.15, 0.2) is 0 Å². The van der Waals surface area contributed by atoms with Crippen molar-refractivity contribution in [2.45, 2.75) is 6.10 Å². The highest BCUT2D eigenvalue weighted by Crippen LogP contribution is 2.02. The summed E-state index contributed by atoms with van der Waals surface area (Å²) in [6.07, 6.45) is -0.474. The third-order valence-corrected chi connectivity index (χ3v) is 1.65. The molecule has 0 aliphatic carbocycles. The zero-order valence-corrected chi connectivity index (χ0v) is 6.56. The summed E-state index contributed by atoms with van der Waals surface area (Å²) in [6.45, 7) is 1.40. The molecule has 0 spiro atoms. The molecule has 0 aromatic heterocycles. The fourth-order valence-electron chi connectivity index (χ4n) is 1.12. The summed E-state index contributed by atoms with van der Waals surface area (Å²) in [7, 11) is 0. The maximum absolute atomic E-state index is 10.3. The van der Waals surface area contributed by atoms with Gasteiger partial charge in [0.2, 0.25) is 0 Å². The SMILES string of the molecule is N#CC1CN(CC(=O)O)CCO1. The first-order valence-electron chi connectivity index (χ1n) is 3.67. The minimum Gasteiger partial charge on any atom is -0.480 e. The van der Waals surface area contributed by atoms with Gasteiger partial charge in [0, 0.05) is 13.1 Å². The fourth-order valence-corrected chi connectivity index (χ4v) is 1.12. The maximum Gasteiger partial charge on any atom is 0.317 e. The molecule has 1 aliphatic heterocycles. The Morgan fingerprint density at radius 2 is 2.58 bits per heavy atom. The number of carbonyl (C=O) groups is 1. The van der Waals surface area contributed by atoms with Gasteiger partial charge < -0.3 is 9.84 Å². The Morgan fingerprint density at radius 3 is 3.17 bits per heavy atom. The lowest BCUT2D eigenvalue weighted by Crippen LogP contribution is -2.44. The van der Waals surface area contributed by atoms with E-state index in [1.54, 1.807) is 4.90 Å². The smallest absolute Gasteiger partial charge is 0.317 e. The Hall–Kier alpha value is -1.12. The molecule has 0 bridgehead atoms. The van der Waals surface area contributed by atoms with E-state index in [9.17, 15) is 4.79 Å². The number of hydrogen-bond acceptors (Lipinski definition) is 4. The largest absolute Gasteiger partial charge is 0.480 e. The first-order chi connectivity index (χ1) is 5.72. The second-order valence-corrected chi connectivity index (χ2v) is 2.62. The minimum absolute atomic E-state index is 0.0124. The molecule has 66 valence electrons. The predicted octanol–water partition coefficient (Wildman–Crippen LogP) is -0.705. The zero-order valence-electron chi connectivity index (χ0n) is 6.56. The average Bonchev–Trinajstić information content (AvgIpc) is 2.03. The molecule has 1 heterocycles. The molecule has 0 amide bonds. The lowest BCUT2D eigenvalue weighted by Gasteiger charge is -2.27. The minimum atomic E-state index is -0.867. The molecule has 5 heteroatoms. The average molecular weight is 170 g/mol. The molecule has 1 fully saturated rings. The fraction of sp³-hybridized carbons (Fsp3) is 0.714. The summed E-state index contributed by atoms with van der Waals surface area (Å²) >= 11 is 0. The Morgan fingerprint density at radius 1 is 1.83 bits per heavy atom. The van der Waals surface area contributed by atoms with Crippen LogP contribution in [-0.2, 0) is 9.53 Å². The van der Waals surface area contributed by atoms with Crippen molar-refractivity contribution in [3.8, 4) is 6.07 Å². The van der Waals surface area contributed by atoms with E-state index in [-0.39, 0.29) is 6.54 Å². The molecule has 1 aliphatic rings. The standard InChI is InChI=1S/C7H10N2O3/c8-3-6-4-9(1-2-12-6)5-7(10)11/h6H,1-2,4-5H2,(H,10,11). The number of nitriles is 1. The van der Waals surface area contributed by atoms with Crippen LogP contribution in [-0.4, -0.2) is 48.3 Å². The first-order valence-corrected chi connectivity index (χ1v) is 3.67. The molecule has 1 atom stereocenters. The molecule has 0 radical (unpaired) electrons. The van der Waals surface area contributed by atoms with E-state index in [2.05, 4.69) is 0 Å². The van der Waals surface area contributed by atoms with Crippen molar-refractivity contribution >= 4 is 5.97 Å². The summed E-state index contributed by atoms with van der Waals surface area (Å²) in [5, 5.41) is 17.0. The van der Waals surface area contributed by atoms with Gasteiger partial charge in [-0.3, -0.25) is 9.69 Å². The molecular formula is C7H10N2O3.